The van der Waals surface area contributed by atoms with Crippen LogP contribution in [0.3, 0.4) is 0 Å². The molecule has 0 heterocycles. The van der Waals surface area contributed by atoms with Crippen molar-refractivity contribution in [1.29, 1.82) is 0 Å². The van der Waals surface area contributed by atoms with Gasteiger partial charge in [-0.2, -0.15) is 0 Å². The van der Waals surface area contributed by atoms with E-state index in [-0.39, 0.29) is 12.4 Å². The van der Waals surface area contributed by atoms with Gasteiger partial charge in [-0.1, -0.05) is 30.1 Å². The van der Waals surface area contributed by atoms with Gasteiger partial charge in [-0.3, -0.25) is 0 Å². The van der Waals surface area contributed by atoms with Crippen molar-refractivity contribution in [2.75, 3.05) is 26.4 Å². The van der Waals surface area contributed by atoms with Crippen LogP contribution < -0.4 is 24.3 Å². The number of nitrogens with one attached hydrogen (secondary N) is 1. The lowest BCUT2D eigenvalue weighted by Gasteiger charge is -2.16. The Kier molecular flexibility index (Phi) is 12.9. The lowest BCUT2D eigenvalue weighted by molar-refractivity contribution is 0.277. The SMILES string of the molecule is CCCOc1c(Cl)cc(CNCc2cc(Cl)c(OCC)c(OCC)c2)cc1OCC.Cl. The Hall–Kier alpha value is -1.53. The summed E-state index contributed by atoms with van der Waals surface area (Å²) in [7, 11) is 0. The maximum Gasteiger partial charge on any atom is 0.179 e. The van der Waals surface area contributed by atoms with Crippen LogP contribution in [0.1, 0.15) is 45.2 Å². The molecule has 0 bridgehead atoms. The van der Waals surface area contributed by atoms with Crippen LogP contribution in [-0.4, -0.2) is 26.4 Å². The Morgan fingerprint density at radius 3 is 1.55 bits per heavy atom. The number of ether oxygens (including phenoxy) is 4. The molecule has 0 saturated heterocycles. The molecule has 0 radical (unpaired) electrons. The first kappa shape index (κ1) is 27.5. The molecule has 0 aliphatic carbocycles. The van der Waals surface area contributed by atoms with Gasteiger partial charge in [0.1, 0.15) is 0 Å². The Balaban J connectivity index is 0.00000480. The second-order valence-corrected chi connectivity index (χ2v) is 7.38. The molecule has 0 spiro atoms. The summed E-state index contributed by atoms with van der Waals surface area (Å²) in [4.78, 5) is 0. The van der Waals surface area contributed by atoms with Gasteiger partial charge >= 0.3 is 0 Å². The number of hydrogen-bond donors (Lipinski definition) is 1. The van der Waals surface area contributed by atoms with E-state index >= 15 is 0 Å². The fourth-order valence-electron chi connectivity index (χ4n) is 2.95. The van der Waals surface area contributed by atoms with Crippen molar-refractivity contribution in [3.63, 3.8) is 0 Å². The van der Waals surface area contributed by atoms with Crippen molar-refractivity contribution in [1.82, 2.24) is 5.32 Å². The van der Waals surface area contributed by atoms with Crippen LogP contribution in [0, 0.1) is 0 Å². The summed E-state index contributed by atoms with van der Waals surface area (Å²) in [6.45, 7) is 11.3. The van der Waals surface area contributed by atoms with Gasteiger partial charge < -0.3 is 24.3 Å². The summed E-state index contributed by atoms with van der Waals surface area (Å²) < 4.78 is 22.8. The van der Waals surface area contributed by atoms with E-state index in [4.69, 9.17) is 42.1 Å². The van der Waals surface area contributed by atoms with Gasteiger partial charge in [0.15, 0.2) is 23.0 Å². The highest BCUT2D eigenvalue weighted by Gasteiger charge is 2.14. The lowest BCUT2D eigenvalue weighted by Crippen LogP contribution is -2.13. The van der Waals surface area contributed by atoms with E-state index in [9.17, 15) is 0 Å². The molecule has 2 aromatic rings. The first-order chi connectivity index (χ1) is 14.5. The van der Waals surface area contributed by atoms with Crippen molar-refractivity contribution in [2.45, 2.75) is 47.2 Å². The Bertz CT molecular complexity index is 818. The number of rotatable bonds is 13. The van der Waals surface area contributed by atoms with E-state index < -0.39 is 0 Å². The maximum atomic E-state index is 6.44. The minimum absolute atomic E-state index is 0. The quantitative estimate of drug-likeness (QED) is 0.337. The maximum absolute atomic E-state index is 6.44. The van der Waals surface area contributed by atoms with E-state index in [0.29, 0.717) is 72.6 Å². The Labute approximate surface area is 201 Å². The van der Waals surface area contributed by atoms with E-state index in [1.807, 2.05) is 45.0 Å². The van der Waals surface area contributed by atoms with E-state index in [0.717, 1.165) is 17.5 Å². The highest BCUT2D eigenvalue weighted by atomic mass is 35.5. The molecule has 31 heavy (non-hydrogen) atoms. The molecular weight excluding hydrogens is 461 g/mol. The fraction of sp³-hybridized carbons (Fsp3) is 0.478. The predicted molar refractivity (Wildman–Crippen MR) is 130 cm³/mol. The molecule has 2 rings (SSSR count). The topological polar surface area (TPSA) is 49.0 Å². The summed E-state index contributed by atoms with van der Waals surface area (Å²) in [6.07, 6.45) is 0.902. The van der Waals surface area contributed by atoms with Crippen molar-refractivity contribution >= 4 is 35.6 Å². The number of halogens is 3. The zero-order valence-electron chi connectivity index (χ0n) is 18.6. The molecule has 0 amide bonds. The van der Waals surface area contributed by atoms with Crippen LogP contribution in [0.2, 0.25) is 10.0 Å². The zero-order chi connectivity index (χ0) is 21.9. The van der Waals surface area contributed by atoms with E-state index in [1.165, 1.54) is 0 Å². The van der Waals surface area contributed by atoms with Crippen LogP contribution in [0.5, 0.6) is 23.0 Å². The molecule has 0 saturated carbocycles. The zero-order valence-corrected chi connectivity index (χ0v) is 20.9. The summed E-state index contributed by atoms with van der Waals surface area (Å²) in [5.74, 6) is 2.50. The summed E-state index contributed by atoms with van der Waals surface area (Å²) in [5, 5.41) is 4.51. The van der Waals surface area contributed by atoms with Gasteiger partial charge in [-0.15, -0.1) is 12.4 Å². The van der Waals surface area contributed by atoms with Crippen molar-refractivity contribution in [3.05, 3.63) is 45.4 Å². The molecule has 1 N–H and O–H groups in total. The molecule has 0 atom stereocenters. The molecule has 0 unspecified atom stereocenters. The number of benzene rings is 2. The van der Waals surface area contributed by atoms with Crippen molar-refractivity contribution in [2.24, 2.45) is 0 Å². The minimum atomic E-state index is 0. The molecule has 0 aliphatic heterocycles. The first-order valence-electron chi connectivity index (χ1n) is 10.4. The molecule has 0 aliphatic rings. The summed E-state index contributed by atoms with van der Waals surface area (Å²) >= 11 is 12.8. The van der Waals surface area contributed by atoms with Crippen LogP contribution >= 0.6 is 35.6 Å². The monoisotopic (exact) mass is 491 g/mol. The van der Waals surface area contributed by atoms with Crippen molar-refractivity contribution < 1.29 is 18.9 Å². The third-order valence-corrected chi connectivity index (χ3v) is 4.70. The second kappa shape index (κ2) is 14.5. The van der Waals surface area contributed by atoms with Gasteiger partial charge in [0.25, 0.3) is 0 Å². The van der Waals surface area contributed by atoms with Gasteiger partial charge in [0.2, 0.25) is 0 Å². The average Bonchev–Trinajstić information content (AvgIpc) is 2.70. The normalized spacial score (nSPS) is 10.4. The Morgan fingerprint density at radius 1 is 0.677 bits per heavy atom. The van der Waals surface area contributed by atoms with Crippen LogP contribution in [0.15, 0.2) is 24.3 Å². The third kappa shape index (κ3) is 8.15. The highest BCUT2D eigenvalue weighted by Crippen LogP contribution is 2.38. The fourth-order valence-corrected chi connectivity index (χ4v) is 3.53. The largest absolute Gasteiger partial charge is 0.490 e. The van der Waals surface area contributed by atoms with Gasteiger partial charge in [-0.05, 0) is 62.6 Å². The lowest BCUT2D eigenvalue weighted by atomic mass is 10.1. The highest BCUT2D eigenvalue weighted by molar-refractivity contribution is 6.32. The minimum Gasteiger partial charge on any atom is -0.490 e. The average molecular weight is 493 g/mol. The molecular formula is C23H32Cl3NO4. The molecule has 0 fully saturated rings. The van der Waals surface area contributed by atoms with Gasteiger partial charge in [0.05, 0.1) is 36.5 Å². The number of hydrogen-bond acceptors (Lipinski definition) is 5. The van der Waals surface area contributed by atoms with Crippen LogP contribution in [0.25, 0.3) is 0 Å². The van der Waals surface area contributed by atoms with Crippen LogP contribution in [-0.2, 0) is 13.1 Å². The molecule has 0 aromatic heterocycles. The standard InChI is InChI=1S/C23H31Cl2NO4.ClH/c1-5-9-30-23-19(25)11-17(13-21(23)28-7-3)15-26-14-16-10-18(24)22(29-8-4)20(12-16)27-6-2;/h10-13,26H,5-9,14-15H2,1-4H3;1H. The summed E-state index contributed by atoms with van der Waals surface area (Å²) in [5.41, 5.74) is 2.01. The smallest absolute Gasteiger partial charge is 0.179 e. The second-order valence-electron chi connectivity index (χ2n) is 6.56. The predicted octanol–water partition coefficient (Wildman–Crippen LogP) is 6.69. The Morgan fingerprint density at radius 2 is 1.13 bits per heavy atom. The van der Waals surface area contributed by atoms with E-state index in [2.05, 4.69) is 12.2 Å². The molecule has 5 nitrogen and oxygen atoms in total. The van der Waals surface area contributed by atoms with Gasteiger partial charge in [0, 0.05) is 13.1 Å². The molecule has 174 valence electrons. The molecule has 2 aromatic carbocycles. The van der Waals surface area contributed by atoms with Gasteiger partial charge in [-0.25, -0.2) is 0 Å². The molecule has 8 heteroatoms. The first-order valence-corrected chi connectivity index (χ1v) is 11.2. The summed E-state index contributed by atoms with van der Waals surface area (Å²) in [6, 6.07) is 7.71. The van der Waals surface area contributed by atoms with E-state index in [1.54, 1.807) is 0 Å². The van der Waals surface area contributed by atoms with Crippen molar-refractivity contribution in [3.8, 4) is 23.0 Å². The third-order valence-electron chi connectivity index (χ3n) is 4.14. The van der Waals surface area contributed by atoms with Crippen LogP contribution in [0.4, 0.5) is 0 Å².